The maximum atomic E-state index is 10.2. The highest BCUT2D eigenvalue weighted by Crippen LogP contribution is 2.37. The van der Waals surface area contributed by atoms with Crippen LogP contribution in [0.15, 0.2) is 16.9 Å². The Morgan fingerprint density at radius 1 is 1.60 bits per heavy atom. The first-order valence-corrected chi connectivity index (χ1v) is 5.91. The topological polar surface area (TPSA) is 58.3 Å². The van der Waals surface area contributed by atoms with E-state index >= 15 is 0 Å². The highest BCUT2D eigenvalue weighted by atomic mass is 79.9. The summed E-state index contributed by atoms with van der Waals surface area (Å²) in [5.41, 5.74) is -1.09. The Bertz CT molecular complexity index is 351. The number of hydrogen-bond acceptors (Lipinski definition) is 3. The van der Waals surface area contributed by atoms with Crippen LogP contribution in [0.2, 0.25) is 0 Å². The molecule has 0 saturated heterocycles. The first-order chi connectivity index (χ1) is 7.01. The van der Waals surface area contributed by atoms with Gasteiger partial charge < -0.3 is 10.2 Å². The van der Waals surface area contributed by atoms with Gasteiger partial charge in [0.15, 0.2) is 0 Å². The SMILES string of the molecule is C[C@@]1(O)[C@@H](O)CCC[C@H]1n1cc(Br)cn1. The minimum atomic E-state index is -1.09. The highest BCUT2D eigenvalue weighted by Gasteiger charge is 2.43. The molecule has 0 bridgehead atoms. The van der Waals surface area contributed by atoms with E-state index in [0.29, 0.717) is 6.42 Å². The Hall–Kier alpha value is -0.390. The van der Waals surface area contributed by atoms with Crippen molar-refractivity contribution in [2.24, 2.45) is 0 Å². The van der Waals surface area contributed by atoms with E-state index in [4.69, 9.17) is 0 Å². The van der Waals surface area contributed by atoms with E-state index in [-0.39, 0.29) is 6.04 Å². The van der Waals surface area contributed by atoms with Crippen molar-refractivity contribution >= 4 is 15.9 Å². The Morgan fingerprint density at radius 2 is 2.33 bits per heavy atom. The van der Waals surface area contributed by atoms with Crippen LogP contribution in [0.4, 0.5) is 0 Å². The third-order valence-electron chi connectivity index (χ3n) is 3.19. The van der Waals surface area contributed by atoms with Gasteiger partial charge in [0.25, 0.3) is 0 Å². The summed E-state index contributed by atoms with van der Waals surface area (Å²) in [7, 11) is 0. The molecule has 0 radical (unpaired) electrons. The number of aromatic nitrogens is 2. The second-order valence-corrected chi connectivity index (χ2v) is 5.24. The van der Waals surface area contributed by atoms with E-state index in [1.807, 2.05) is 6.20 Å². The summed E-state index contributed by atoms with van der Waals surface area (Å²) >= 11 is 3.32. The Morgan fingerprint density at radius 3 is 2.93 bits per heavy atom. The second kappa shape index (κ2) is 3.88. The van der Waals surface area contributed by atoms with Crippen molar-refractivity contribution in [3.05, 3.63) is 16.9 Å². The number of hydrogen-bond donors (Lipinski definition) is 2. The number of aliphatic hydroxyl groups is 2. The molecule has 0 spiro atoms. The zero-order valence-electron chi connectivity index (χ0n) is 8.60. The lowest BCUT2D eigenvalue weighted by molar-refractivity contribution is -0.120. The fourth-order valence-corrected chi connectivity index (χ4v) is 2.50. The lowest BCUT2D eigenvalue weighted by Crippen LogP contribution is -2.49. The summed E-state index contributed by atoms with van der Waals surface area (Å²) in [6, 6.07) is -0.146. The number of halogens is 1. The normalized spacial score (nSPS) is 36.8. The van der Waals surface area contributed by atoms with Gasteiger partial charge in [0.05, 0.1) is 22.8 Å². The summed E-state index contributed by atoms with van der Waals surface area (Å²) in [5.74, 6) is 0. The molecule has 1 saturated carbocycles. The molecular weight excluding hydrogens is 260 g/mol. The van der Waals surface area contributed by atoms with Crippen LogP contribution in [0.1, 0.15) is 32.2 Å². The maximum absolute atomic E-state index is 10.2. The molecule has 0 unspecified atom stereocenters. The van der Waals surface area contributed by atoms with Crippen LogP contribution in [0, 0.1) is 0 Å². The van der Waals surface area contributed by atoms with Crippen molar-refractivity contribution in [2.45, 2.75) is 43.9 Å². The predicted octanol–water partition coefficient (Wildman–Crippen LogP) is 1.48. The summed E-state index contributed by atoms with van der Waals surface area (Å²) in [4.78, 5) is 0. The third kappa shape index (κ3) is 1.96. The highest BCUT2D eigenvalue weighted by molar-refractivity contribution is 9.10. The molecule has 3 atom stereocenters. The van der Waals surface area contributed by atoms with Gasteiger partial charge in [-0.05, 0) is 42.1 Å². The van der Waals surface area contributed by atoms with Crippen LogP contribution in [0.25, 0.3) is 0 Å². The minimum Gasteiger partial charge on any atom is -0.390 e. The standard InChI is InChI=1S/C10H15BrN2O2/c1-10(15)8(3-2-4-9(10)14)13-6-7(11)5-12-13/h5-6,8-9,14-15H,2-4H2,1H3/t8-,9+,10+/m1/s1. The maximum Gasteiger partial charge on any atom is 0.110 e. The molecule has 15 heavy (non-hydrogen) atoms. The zero-order valence-corrected chi connectivity index (χ0v) is 10.2. The molecule has 2 N–H and O–H groups in total. The average Bonchev–Trinajstić information content (AvgIpc) is 2.56. The fraction of sp³-hybridized carbons (Fsp3) is 0.700. The van der Waals surface area contributed by atoms with Crippen molar-refractivity contribution in [2.75, 3.05) is 0 Å². The van der Waals surface area contributed by atoms with Gasteiger partial charge in [-0.1, -0.05) is 0 Å². The molecule has 4 nitrogen and oxygen atoms in total. The Kier molecular flexibility index (Phi) is 2.87. The van der Waals surface area contributed by atoms with Crippen LogP contribution < -0.4 is 0 Å². The molecule has 1 aliphatic carbocycles. The summed E-state index contributed by atoms with van der Waals surface area (Å²) < 4.78 is 2.62. The van der Waals surface area contributed by atoms with E-state index in [1.165, 1.54) is 0 Å². The van der Waals surface area contributed by atoms with Gasteiger partial charge in [-0.2, -0.15) is 5.10 Å². The summed E-state index contributed by atoms with van der Waals surface area (Å²) in [6.45, 7) is 1.68. The molecule has 1 heterocycles. The quantitative estimate of drug-likeness (QED) is 0.816. The lowest BCUT2D eigenvalue weighted by atomic mass is 9.79. The van der Waals surface area contributed by atoms with Gasteiger partial charge >= 0.3 is 0 Å². The van der Waals surface area contributed by atoms with E-state index in [1.54, 1.807) is 17.8 Å². The van der Waals surface area contributed by atoms with E-state index < -0.39 is 11.7 Å². The van der Waals surface area contributed by atoms with E-state index in [0.717, 1.165) is 17.3 Å². The van der Waals surface area contributed by atoms with Gasteiger partial charge in [0.1, 0.15) is 5.60 Å². The molecule has 84 valence electrons. The zero-order chi connectivity index (χ0) is 11.1. The minimum absolute atomic E-state index is 0.146. The molecule has 5 heteroatoms. The van der Waals surface area contributed by atoms with E-state index in [2.05, 4.69) is 21.0 Å². The molecule has 1 aliphatic rings. The summed E-state index contributed by atoms with van der Waals surface area (Å²) in [6.07, 6.45) is 5.27. The van der Waals surface area contributed by atoms with Gasteiger partial charge in [-0.25, -0.2) is 0 Å². The molecule has 0 amide bonds. The Labute approximate surface area is 97.0 Å². The largest absolute Gasteiger partial charge is 0.390 e. The Balaban J connectivity index is 2.27. The number of aliphatic hydroxyl groups excluding tert-OH is 1. The first kappa shape index (κ1) is 11.1. The van der Waals surface area contributed by atoms with Crippen molar-refractivity contribution in [3.63, 3.8) is 0 Å². The van der Waals surface area contributed by atoms with Gasteiger partial charge in [-0.3, -0.25) is 4.68 Å². The molecule has 0 aromatic carbocycles. The van der Waals surface area contributed by atoms with Crippen molar-refractivity contribution < 1.29 is 10.2 Å². The van der Waals surface area contributed by atoms with Crippen molar-refractivity contribution in [1.82, 2.24) is 9.78 Å². The third-order valence-corrected chi connectivity index (χ3v) is 3.60. The van der Waals surface area contributed by atoms with Crippen molar-refractivity contribution in [3.8, 4) is 0 Å². The first-order valence-electron chi connectivity index (χ1n) is 5.12. The molecule has 0 aliphatic heterocycles. The van der Waals surface area contributed by atoms with Gasteiger partial charge in [0.2, 0.25) is 0 Å². The average molecular weight is 275 g/mol. The number of nitrogens with zero attached hydrogens (tertiary/aromatic N) is 2. The second-order valence-electron chi connectivity index (χ2n) is 4.33. The molecule has 1 fully saturated rings. The van der Waals surface area contributed by atoms with Crippen LogP contribution >= 0.6 is 15.9 Å². The van der Waals surface area contributed by atoms with Gasteiger partial charge in [0, 0.05) is 6.20 Å². The smallest absolute Gasteiger partial charge is 0.110 e. The monoisotopic (exact) mass is 274 g/mol. The molecular formula is C10H15BrN2O2. The van der Waals surface area contributed by atoms with Crippen LogP contribution in [0.5, 0.6) is 0 Å². The van der Waals surface area contributed by atoms with E-state index in [9.17, 15) is 10.2 Å². The van der Waals surface area contributed by atoms with Crippen LogP contribution in [-0.4, -0.2) is 31.7 Å². The van der Waals surface area contributed by atoms with Crippen LogP contribution in [-0.2, 0) is 0 Å². The fourth-order valence-electron chi connectivity index (χ4n) is 2.20. The molecule has 1 aromatic rings. The van der Waals surface area contributed by atoms with Gasteiger partial charge in [-0.15, -0.1) is 0 Å². The summed E-state index contributed by atoms with van der Waals surface area (Å²) in [5, 5.41) is 24.2. The van der Waals surface area contributed by atoms with Crippen molar-refractivity contribution in [1.29, 1.82) is 0 Å². The number of rotatable bonds is 1. The lowest BCUT2D eigenvalue weighted by Gasteiger charge is -2.40. The predicted molar refractivity (Wildman–Crippen MR) is 59.4 cm³/mol. The molecule has 2 rings (SSSR count). The molecule has 1 aromatic heterocycles. The van der Waals surface area contributed by atoms with Crippen LogP contribution in [0.3, 0.4) is 0 Å².